The van der Waals surface area contributed by atoms with Crippen LogP contribution in [0.5, 0.6) is 0 Å². The first-order chi connectivity index (χ1) is 13.7. The number of hydrogen-bond acceptors (Lipinski definition) is 4. The fourth-order valence-electron chi connectivity index (χ4n) is 4.65. The Bertz CT molecular complexity index is 981. The number of pyridine rings is 1. The van der Waals surface area contributed by atoms with Gasteiger partial charge in [0.25, 0.3) is 0 Å². The van der Waals surface area contributed by atoms with Crippen molar-refractivity contribution < 1.29 is 0 Å². The minimum absolute atomic E-state index is 0. The van der Waals surface area contributed by atoms with Gasteiger partial charge in [-0.2, -0.15) is 0 Å². The van der Waals surface area contributed by atoms with Gasteiger partial charge in [-0.3, -0.25) is 0 Å². The molecule has 1 aliphatic carbocycles. The summed E-state index contributed by atoms with van der Waals surface area (Å²) in [4.78, 5) is 9.78. The van der Waals surface area contributed by atoms with E-state index in [1.54, 1.807) is 0 Å². The number of aromatic nitrogens is 2. The summed E-state index contributed by atoms with van der Waals surface area (Å²) >= 11 is 0. The van der Waals surface area contributed by atoms with Crippen LogP contribution in [-0.4, -0.2) is 47.7 Å². The Morgan fingerprint density at radius 2 is 1.59 bits per heavy atom. The van der Waals surface area contributed by atoms with E-state index in [1.807, 2.05) is 0 Å². The summed E-state index contributed by atoms with van der Waals surface area (Å²) in [5, 5.41) is 4.82. The van der Waals surface area contributed by atoms with Gasteiger partial charge < -0.3 is 19.7 Å². The number of rotatable bonds is 3. The molecule has 0 amide bonds. The summed E-state index contributed by atoms with van der Waals surface area (Å²) < 4.78 is 2.30. The molecule has 29 heavy (non-hydrogen) atoms. The summed E-state index contributed by atoms with van der Waals surface area (Å²) in [6.45, 7) is 4.45. The van der Waals surface area contributed by atoms with Gasteiger partial charge in [-0.25, -0.2) is 4.98 Å². The number of nitrogens with one attached hydrogen (secondary N) is 1. The second-order valence-electron chi connectivity index (χ2n) is 8.22. The molecule has 1 N–H and O–H groups in total. The largest absolute Gasteiger partial charge is 0.369 e. The summed E-state index contributed by atoms with van der Waals surface area (Å²) in [6, 6.07) is 13.1. The highest BCUT2D eigenvalue weighted by Crippen LogP contribution is 2.31. The Labute approximate surface area is 174 Å². The maximum Gasteiger partial charge on any atom is 0.142 e. The van der Waals surface area contributed by atoms with Gasteiger partial charge >= 0.3 is 0 Å². The zero-order valence-corrected chi connectivity index (χ0v) is 16.9. The number of anilines is 3. The van der Waals surface area contributed by atoms with E-state index in [0.29, 0.717) is 0 Å². The molecule has 1 aliphatic heterocycles. The molecule has 1 fully saturated rings. The molecule has 0 radical (unpaired) electrons. The predicted molar refractivity (Wildman–Crippen MR) is 124 cm³/mol. The average molecular weight is 392 g/mol. The minimum Gasteiger partial charge on any atom is -0.369 e. The first-order valence-corrected chi connectivity index (χ1v) is 10.5. The van der Waals surface area contributed by atoms with Crippen molar-refractivity contribution in [1.29, 1.82) is 0 Å². The standard InChI is InChI=1S/C23H29N5.CH4/c1-26-13-15-28(16-14-26)18-9-7-17(8-10-18)24-22-12-11-20-19-5-3-4-6-21(19)27(2)23(20)25-22;/h7-12H,3-6,13-16H2,1-2H3,(H,24,25);1H4. The molecule has 5 heteroatoms. The van der Waals surface area contributed by atoms with Crippen molar-refractivity contribution in [3.05, 3.63) is 47.7 Å². The van der Waals surface area contributed by atoms with E-state index in [4.69, 9.17) is 4.98 Å². The first kappa shape index (κ1) is 19.8. The molecule has 5 rings (SSSR count). The SMILES string of the molecule is C.CN1CCN(c2ccc(Nc3ccc4c5c(n(C)c4n3)CCCC5)cc2)CC1. The quantitative estimate of drug-likeness (QED) is 0.709. The summed E-state index contributed by atoms with van der Waals surface area (Å²) in [7, 11) is 4.35. The maximum absolute atomic E-state index is 4.93. The van der Waals surface area contributed by atoms with E-state index in [9.17, 15) is 0 Å². The molecule has 1 saturated heterocycles. The fourth-order valence-corrected chi connectivity index (χ4v) is 4.65. The average Bonchev–Trinajstić information content (AvgIpc) is 3.02. The van der Waals surface area contributed by atoms with Crippen molar-refractivity contribution in [2.75, 3.05) is 43.4 Å². The fraction of sp³-hybridized carbons (Fsp3) is 0.458. The Hall–Kier alpha value is -2.53. The van der Waals surface area contributed by atoms with E-state index in [2.05, 4.69) is 70.2 Å². The molecule has 0 atom stereocenters. The van der Waals surface area contributed by atoms with E-state index in [0.717, 1.165) is 43.3 Å². The van der Waals surface area contributed by atoms with Gasteiger partial charge in [0.2, 0.25) is 0 Å². The number of likely N-dealkylation sites (N-methyl/N-ethyl adjacent to an activating group) is 1. The van der Waals surface area contributed by atoms with Gasteiger partial charge in [-0.1, -0.05) is 7.43 Å². The van der Waals surface area contributed by atoms with Gasteiger partial charge in [0.05, 0.1) is 0 Å². The van der Waals surface area contributed by atoms with Crippen LogP contribution in [-0.2, 0) is 19.9 Å². The highest BCUT2D eigenvalue weighted by atomic mass is 15.2. The lowest BCUT2D eigenvalue weighted by molar-refractivity contribution is 0.313. The third-order valence-electron chi connectivity index (χ3n) is 6.37. The highest BCUT2D eigenvalue weighted by Gasteiger charge is 2.19. The van der Waals surface area contributed by atoms with Crippen LogP contribution in [0.1, 0.15) is 31.5 Å². The molecular weight excluding hydrogens is 358 g/mol. The first-order valence-electron chi connectivity index (χ1n) is 10.5. The van der Waals surface area contributed by atoms with Gasteiger partial charge in [-0.15, -0.1) is 0 Å². The van der Waals surface area contributed by atoms with Crippen molar-refractivity contribution in [2.45, 2.75) is 33.1 Å². The predicted octanol–water partition coefficient (Wildman–Crippen LogP) is 4.58. The third-order valence-corrected chi connectivity index (χ3v) is 6.37. The summed E-state index contributed by atoms with van der Waals surface area (Å²) in [6.07, 6.45) is 4.96. The molecular formula is C24H33N5. The van der Waals surface area contributed by atoms with Gasteiger partial charge in [0.15, 0.2) is 0 Å². The van der Waals surface area contributed by atoms with Crippen molar-refractivity contribution in [1.82, 2.24) is 14.5 Å². The third kappa shape index (κ3) is 3.71. The molecule has 3 aromatic rings. The second-order valence-corrected chi connectivity index (χ2v) is 8.22. The maximum atomic E-state index is 4.93. The van der Waals surface area contributed by atoms with E-state index >= 15 is 0 Å². The van der Waals surface area contributed by atoms with E-state index in [-0.39, 0.29) is 7.43 Å². The molecule has 0 unspecified atom stereocenters. The van der Waals surface area contributed by atoms with Crippen LogP contribution in [0, 0.1) is 0 Å². The van der Waals surface area contributed by atoms with Crippen LogP contribution in [0.25, 0.3) is 11.0 Å². The number of piperazine rings is 1. The van der Waals surface area contributed by atoms with Gasteiger partial charge in [0, 0.05) is 55.7 Å². The Kier molecular flexibility index (Phi) is 5.50. The lowest BCUT2D eigenvalue weighted by atomic mass is 9.96. The normalized spacial score (nSPS) is 17.1. The Morgan fingerprint density at radius 3 is 2.34 bits per heavy atom. The van der Waals surface area contributed by atoms with Gasteiger partial charge in [0.1, 0.15) is 11.5 Å². The molecule has 0 spiro atoms. The molecule has 154 valence electrons. The molecule has 5 nitrogen and oxygen atoms in total. The zero-order chi connectivity index (χ0) is 19.1. The minimum atomic E-state index is 0. The number of hydrogen-bond donors (Lipinski definition) is 1. The molecule has 1 aromatic carbocycles. The van der Waals surface area contributed by atoms with Gasteiger partial charge in [-0.05, 0) is 74.7 Å². The molecule has 2 aromatic heterocycles. The van der Waals surface area contributed by atoms with Crippen molar-refractivity contribution in [3.63, 3.8) is 0 Å². The monoisotopic (exact) mass is 391 g/mol. The molecule has 2 aliphatic rings. The van der Waals surface area contributed by atoms with Crippen molar-refractivity contribution >= 4 is 28.2 Å². The number of aryl methyl sites for hydroxylation is 2. The summed E-state index contributed by atoms with van der Waals surface area (Å²) in [5.74, 6) is 0.915. The zero-order valence-electron chi connectivity index (χ0n) is 16.9. The Balaban J connectivity index is 0.00000205. The van der Waals surface area contributed by atoms with Crippen LogP contribution >= 0.6 is 0 Å². The Morgan fingerprint density at radius 1 is 0.862 bits per heavy atom. The highest BCUT2D eigenvalue weighted by molar-refractivity contribution is 5.84. The number of benzene rings is 1. The van der Waals surface area contributed by atoms with Crippen molar-refractivity contribution in [2.24, 2.45) is 7.05 Å². The van der Waals surface area contributed by atoms with E-state index < -0.39 is 0 Å². The molecule has 3 heterocycles. The van der Waals surface area contributed by atoms with Crippen LogP contribution in [0.15, 0.2) is 36.4 Å². The topological polar surface area (TPSA) is 36.3 Å². The van der Waals surface area contributed by atoms with Crippen molar-refractivity contribution in [3.8, 4) is 0 Å². The smallest absolute Gasteiger partial charge is 0.142 e. The second kappa shape index (κ2) is 8.07. The lowest BCUT2D eigenvalue weighted by Crippen LogP contribution is -2.44. The molecule has 0 saturated carbocycles. The number of nitrogens with zero attached hydrogens (tertiary/aromatic N) is 4. The van der Waals surface area contributed by atoms with Crippen LogP contribution in [0.3, 0.4) is 0 Å². The van der Waals surface area contributed by atoms with Crippen LogP contribution in [0.4, 0.5) is 17.2 Å². The summed E-state index contributed by atoms with van der Waals surface area (Å²) in [5.41, 5.74) is 6.48. The van der Waals surface area contributed by atoms with Crippen LogP contribution < -0.4 is 10.2 Å². The van der Waals surface area contributed by atoms with Crippen LogP contribution in [0.2, 0.25) is 0 Å². The lowest BCUT2D eigenvalue weighted by Gasteiger charge is -2.34. The number of fused-ring (bicyclic) bond motifs is 3. The van der Waals surface area contributed by atoms with E-state index in [1.165, 1.54) is 48.0 Å². The molecule has 0 bridgehead atoms.